The number of carbonyl (C=O) groups excluding carboxylic acids is 2. The van der Waals surface area contributed by atoms with Gasteiger partial charge in [-0.3, -0.25) is 9.69 Å². The zero-order valence-electron chi connectivity index (χ0n) is 15.6. The van der Waals surface area contributed by atoms with Gasteiger partial charge < -0.3 is 20.7 Å². The Labute approximate surface area is 164 Å². The third kappa shape index (κ3) is 4.26. The maximum atomic E-state index is 12.5. The number of carbonyl (C=O) groups is 2. The van der Waals surface area contributed by atoms with Gasteiger partial charge in [-0.05, 0) is 60.2 Å². The average Bonchev–Trinajstić information content (AvgIpc) is 3.18. The number of urea groups is 1. The molecule has 1 unspecified atom stereocenters. The molecule has 0 aromatic heterocycles. The van der Waals surface area contributed by atoms with Crippen LogP contribution in [0, 0.1) is 5.92 Å². The first-order chi connectivity index (χ1) is 13.7. The molecule has 0 aliphatic carbocycles. The molecule has 1 atom stereocenters. The second kappa shape index (κ2) is 8.31. The van der Waals surface area contributed by atoms with Gasteiger partial charge in [-0.15, -0.1) is 0 Å². The summed E-state index contributed by atoms with van der Waals surface area (Å²) < 4.78 is 5.44. The van der Waals surface area contributed by atoms with Gasteiger partial charge in [-0.2, -0.15) is 0 Å². The largest absolute Gasteiger partial charge is 0.381 e. The number of ether oxygens (including phenoxy) is 1. The van der Waals surface area contributed by atoms with E-state index in [0.717, 1.165) is 30.6 Å². The summed E-state index contributed by atoms with van der Waals surface area (Å²) in [5.74, 6) is 0.276. The van der Waals surface area contributed by atoms with Crippen LogP contribution in [0.25, 0.3) is 0 Å². The molecule has 3 heterocycles. The minimum Gasteiger partial charge on any atom is -0.381 e. The van der Waals surface area contributed by atoms with Crippen molar-refractivity contribution in [2.75, 3.05) is 31.6 Å². The van der Waals surface area contributed by atoms with Crippen LogP contribution >= 0.6 is 0 Å². The fraction of sp³-hybridized carbons (Fsp3) is 0.333. The first-order valence-electron chi connectivity index (χ1n) is 9.56. The zero-order valence-corrected chi connectivity index (χ0v) is 15.6. The Balaban J connectivity index is 1.29. The lowest BCUT2D eigenvalue weighted by atomic mass is 10.0. The molecule has 146 valence electrons. The van der Waals surface area contributed by atoms with Gasteiger partial charge in [0.15, 0.2) is 0 Å². The highest BCUT2D eigenvalue weighted by molar-refractivity contribution is 5.95. The number of fused-ring (bicyclic) bond motifs is 1. The SMILES string of the molecule is O=C(NCC1CCCOC1)c1ccc(NC(=O)N2C=C3C=CNC=C3C2)cc1. The first-order valence-corrected chi connectivity index (χ1v) is 9.56. The molecule has 0 saturated carbocycles. The number of anilines is 1. The van der Waals surface area contributed by atoms with Crippen molar-refractivity contribution in [3.05, 3.63) is 65.7 Å². The van der Waals surface area contributed by atoms with Crippen molar-refractivity contribution in [1.29, 1.82) is 0 Å². The summed E-state index contributed by atoms with van der Waals surface area (Å²) in [6.45, 7) is 2.68. The second-order valence-corrected chi connectivity index (χ2v) is 7.18. The number of amides is 3. The van der Waals surface area contributed by atoms with E-state index in [1.165, 1.54) is 0 Å². The molecule has 1 fully saturated rings. The highest BCUT2D eigenvalue weighted by atomic mass is 16.5. The van der Waals surface area contributed by atoms with Crippen LogP contribution in [0.15, 0.2) is 60.1 Å². The Morgan fingerprint density at radius 3 is 2.86 bits per heavy atom. The van der Waals surface area contributed by atoms with Gasteiger partial charge in [-0.25, -0.2) is 4.79 Å². The van der Waals surface area contributed by atoms with Gasteiger partial charge in [0.25, 0.3) is 5.91 Å². The maximum Gasteiger partial charge on any atom is 0.326 e. The summed E-state index contributed by atoms with van der Waals surface area (Å²) in [5.41, 5.74) is 3.33. The smallest absolute Gasteiger partial charge is 0.326 e. The molecule has 0 spiro atoms. The quantitative estimate of drug-likeness (QED) is 0.750. The van der Waals surface area contributed by atoms with Crippen LogP contribution in [0.3, 0.4) is 0 Å². The second-order valence-electron chi connectivity index (χ2n) is 7.18. The molecule has 1 saturated heterocycles. The molecule has 28 heavy (non-hydrogen) atoms. The average molecular weight is 380 g/mol. The predicted octanol–water partition coefficient (Wildman–Crippen LogP) is 2.58. The summed E-state index contributed by atoms with van der Waals surface area (Å²) >= 11 is 0. The van der Waals surface area contributed by atoms with Crippen molar-refractivity contribution in [3.63, 3.8) is 0 Å². The Hall–Kier alpha value is -3.06. The Morgan fingerprint density at radius 1 is 1.25 bits per heavy atom. The van der Waals surface area contributed by atoms with Gasteiger partial charge in [0.1, 0.15) is 0 Å². The molecule has 1 aromatic rings. The highest BCUT2D eigenvalue weighted by Crippen LogP contribution is 2.24. The van der Waals surface area contributed by atoms with Crippen molar-refractivity contribution in [1.82, 2.24) is 15.5 Å². The summed E-state index contributed by atoms with van der Waals surface area (Å²) in [6.07, 6.45) is 9.63. The van der Waals surface area contributed by atoms with Crippen LogP contribution in [0.1, 0.15) is 23.2 Å². The molecule has 0 bridgehead atoms. The predicted molar refractivity (Wildman–Crippen MR) is 106 cm³/mol. The zero-order chi connectivity index (χ0) is 19.3. The lowest BCUT2D eigenvalue weighted by Crippen LogP contribution is -2.33. The van der Waals surface area contributed by atoms with E-state index in [-0.39, 0.29) is 11.9 Å². The van der Waals surface area contributed by atoms with Crippen LogP contribution in [-0.2, 0) is 4.74 Å². The van der Waals surface area contributed by atoms with Crippen molar-refractivity contribution in [2.45, 2.75) is 12.8 Å². The molecule has 7 nitrogen and oxygen atoms in total. The number of hydrogen-bond acceptors (Lipinski definition) is 4. The van der Waals surface area contributed by atoms with Gasteiger partial charge >= 0.3 is 6.03 Å². The van der Waals surface area contributed by atoms with E-state index < -0.39 is 0 Å². The number of nitrogens with zero attached hydrogens (tertiary/aromatic N) is 1. The number of hydrogen-bond donors (Lipinski definition) is 3. The molecular weight excluding hydrogens is 356 g/mol. The van der Waals surface area contributed by atoms with E-state index in [9.17, 15) is 9.59 Å². The maximum absolute atomic E-state index is 12.5. The number of allylic oxidation sites excluding steroid dienone is 1. The van der Waals surface area contributed by atoms with Gasteiger partial charge in [0.05, 0.1) is 13.2 Å². The van der Waals surface area contributed by atoms with Crippen LogP contribution in [-0.4, -0.2) is 43.1 Å². The Morgan fingerprint density at radius 2 is 2.11 bits per heavy atom. The third-order valence-corrected chi connectivity index (χ3v) is 5.09. The number of dihydropyridines is 1. The van der Waals surface area contributed by atoms with Crippen LogP contribution < -0.4 is 16.0 Å². The Bertz CT molecular complexity index is 836. The number of benzene rings is 1. The topological polar surface area (TPSA) is 82.7 Å². The fourth-order valence-corrected chi connectivity index (χ4v) is 3.48. The number of rotatable bonds is 4. The molecule has 3 amide bonds. The normalized spacial score (nSPS) is 20.6. The molecule has 4 rings (SSSR count). The van der Waals surface area contributed by atoms with E-state index in [0.29, 0.717) is 36.9 Å². The molecule has 1 aromatic carbocycles. The van der Waals surface area contributed by atoms with Crippen molar-refractivity contribution in [2.24, 2.45) is 5.92 Å². The summed E-state index contributed by atoms with van der Waals surface area (Å²) in [5, 5.41) is 8.85. The van der Waals surface area contributed by atoms with E-state index in [1.54, 1.807) is 29.2 Å². The van der Waals surface area contributed by atoms with Crippen molar-refractivity contribution in [3.8, 4) is 0 Å². The summed E-state index contributed by atoms with van der Waals surface area (Å²) in [6, 6.07) is 6.73. The summed E-state index contributed by atoms with van der Waals surface area (Å²) in [7, 11) is 0. The van der Waals surface area contributed by atoms with Gasteiger partial charge in [0.2, 0.25) is 0 Å². The fourth-order valence-electron chi connectivity index (χ4n) is 3.48. The third-order valence-electron chi connectivity index (χ3n) is 5.09. The van der Waals surface area contributed by atoms with Crippen LogP contribution in [0.2, 0.25) is 0 Å². The monoisotopic (exact) mass is 380 g/mol. The van der Waals surface area contributed by atoms with E-state index >= 15 is 0 Å². The minimum absolute atomic E-state index is 0.108. The van der Waals surface area contributed by atoms with Crippen LogP contribution in [0.5, 0.6) is 0 Å². The van der Waals surface area contributed by atoms with Gasteiger partial charge in [-0.1, -0.05) is 0 Å². The standard InChI is InChI=1S/C21H24N4O3/c26-20(23-10-15-2-1-9-28-14-15)16-3-5-19(6-4-16)24-21(27)25-12-17-7-8-22-11-18(17)13-25/h3-8,11-12,15,22H,1-2,9-10,13-14H2,(H,23,26)(H,24,27). The van der Waals surface area contributed by atoms with Crippen molar-refractivity contribution >= 4 is 17.6 Å². The molecule has 0 radical (unpaired) electrons. The van der Waals surface area contributed by atoms with Crippen molar-refractivity contribution < 1.29 is 14.3 Å². The molecular formula is C21H24N4O3. The molecule has 3 aliphatic heterocycles. The first kappa shape index (κ1) is 18.3. The van der Waals surface area contributed by atoms with E-state index in [4.69, 9.17) is 4.74 Å². The molecule has 3 aliphatic rings. The lowest BCUT2D eigenvalue weighted by Gasteiger charge is -2.22. The van der Waals surface area contributed by atoms with E-state index in [1.807, 2.05) is 24.7 Å². The lowest BCUT2D eigenvalue weighted by molar-refractivity contribution is 0.0536. The minimum atomic E-state index is -0.203. The number of nitrogens with one attached hydrogen (secondary N) is 3. The van der Waals surface area contributed by atoms with E-state index in [2.05, 4.69) is 16.0 Å². The van der Waals surface area contributed by atoms with Gasteiger partial charge in [0, 0.05) is 43.0 Å². The summed E-state index contributed by atoms with van der Waals surface area (Å²) in [4.78, 5) is 26.4. The van der Waals surface area contributed by atoms with Crippen LogP contribution in [0.4, 0.5) is 10.5 Å². The molecule has 7 heteroatoms. The highest BCUT2D eigenvalue weighted by Gasteiger charge is 2.23. The Kier molecular flexibility index (Phi) is 5.43. The molecule has 3 N–H and O–H groups in total.